The van der Waals surface area contributed by atoms with Crippen molar-refractivity contribution in [2.24, 2.45) is 12.0 Å². The summed E-state index contributed by atoms with van der Waals surface area (Å²) in [5.74, 6) is 1.63. The number of nitrogens with one attached hydrogen (secondary N) is 1. The van der Waals surface area contributed by atoms with E-state index < -0.39 is 0 Å². The SMILES string of the molecule is CCN1CCCC1CNC(=NC)N1CCC(c2cnn(C)c2)C1.I. The molecule has 1 aromatic rings. The molecule has 1 aromatic heterocycles. The number of likely N-dealkylation sites (tertiary alicyclic amines) is 2. The van der Waals surface area contributed by atoms with Gasteiger partial charge in [-0.2, -0.15) is 5.10 Å². The van der Waals surface area contributed by atoms with Gasteiger partial charge in [-0.1, -0.05) is 6.92 Å². The third-order valence-corrected chi connectivity index (χ3v) is 5.30. The number of likely N-dealkylation sites (N-methyl/N-ethyl adjacent to an activating group) is 1. The van der Waals surface area contributed by atoms with E-state index in [0.29, 0.717) is 12.0 Å². The summed E-state index contributed by atoms with van der Waals surface area (Å²) in [6.45, 7) is 7.77. The van der Waals surface area contributed by atoms with E-state index in [-0.39, 0.29) is 24.0 Å². The molecule has 24 heavy (non-hydrogen) atoms. The van der Waals surface area contributed by atoms with Crippen LogP contribution < -0.4 is 5.32 Å². The molecule has 7 heteroatoms. The molecule has 3 heterocycles. The summed E-state index contributed by atoms with van der Waals surface area (Å²) >= 11 is 0. The Labute approximate surface area is 162 Å². The van der Waals surface area contributed by atoms with Crippen molar-refractivity contribution in [2.45, 2.75) is 38.1 Å². The fourth-order valence-corrected chi connectivity index (χ4v) is 3.96. The molecule has 0 aliphatic carbocycles. The maximum Gasteiger partial charge on any atom is 0.193 e. The highest BCUT2D eigenvalue weighted by Gasteiger charge is 2.28. The molecule has 0 spiro atoms. The normalized spacial score (nSPS) is 25.1. The minimum atomic E-state index is 0. The van der Waals surface area contributed by atoms with Crippen LogP contribution in [0.2, 0.25) is 0 Å². The zero-order valence-corrected chi connectivity index (χ0v) is 17.4. The molecule has 0 radical (unpaired) electrons. The van der Waals surface area contributed by atoms with Crippen LogP contribution in [0, 0.1) is 0 Å². The monoisotopic (exact) mass is 446 g/mol. The molecule has 2 fully saturated rings. The zero-order valence-electron chi connectivity index (χ0n) is 15.1. The highest BCUT2D eigenvalue weighted by atomic mass is 127. The molecule has 136 valence electrons. The average molecular weight is 446 g/mol. The maximum atomic E-state index is 4.51. The van der Waals surface area contributed by atoms with Crippen LogP contribution in [0.25, 0.3) is 0 Å². The molecule has 2 unspecified atom stereocenters. The minimum Gasteiger partial charge on any atom is -0.355 e. The Bertz CT molecular complexity index is 543. The van der Waals surface area contributed by atoms with Gasteiger partial charge in [0.2, 0.25) is 0 Å². The summed E-state index contributed by atoms with van der Waals surface area (Å²) in [5.41, 5.74) is 1.35. The number of guanidine groups is 1. The van der Waals surface area contributed by atoms with Crippen molar-refractivity contribution in [1.29, 1.82) is 0 Å². The molecule has 2 aliphatic rings. The predicted molar refractivity (Wildman–Crippen MR) is 109 cm³/mol. The van der Waals surface area contributed by atoms with Crippen LogP contribution in [0.4, 0.5) is 0 Å². The maximum absolute atomic E-state index is 4.51. The number of aryl methyl sites for hydroxylation is 1. The summed E-state index contributed by atoms with van der Waals surface area (Å²) < 4.78 is 1.89. The van der Waals surface area contributed by atoms with E-state index in [0.717, 1.165) is 32.1 Å². The lowest BCUT2D eigenvalue weighted by molar-refractivity contribution is 0.265. The lowest BCUT2D eigenvalue weighted by Crippen LogP contribution is -2.46. The van der Waals surface area contributed by atoms with E-state index >= 15 is 0 Å². The highest BCUT2D eigenvalue weighted by molar-refractivity contribution is 14.0. The smallest absolute Gasteiger partial charge is 0.193 e. The summed E-state index contributed by atoms with van der Waals surface area (Å²) in [6, 6.07) is 0.661. The minimum absolute atomic E-state index is 0. The number of hydrogen-bond donors (Lipinski definition) is 1. The molecule has 6 nitrogen and oxygen atoms in total. The Morgan fingerprint density at radius 2 is 2.21 bits per heavy atom. The van der Waals surface area contributed by atoms with Crippen LogP contribution in [0.3, 0.4) is 0 Å². The van der Waals surface area contributed by atoms with E-state index in [1.807, 2.05) is 25.0 Å². The van der Waals surface area contributed by atoms with Crippen LogP contribution >= 0.6 is 24.0 Å². The first-order chi connectivity index (χ1) is 11.2. The standard InChI is InChI=1S/C17H30N6.HI/c1-4-22-8-5-6-16(22)11-19-17(18-2)23-9-7-14(13-23)15-10-20-21(3)12-15;/h10,12,14,16H,4-9,11,13H2,1-3H3,(H,18,19);1H. The highest BCUT2D eigenvalue weighted by Crippen LogP contribution is 2.26. The first-order valence-electron chi connectivity index (χ1n) is 8.89. The van der Waals surface area contributed by atoms with Crippen LogP contribution in [0.1, 0.15) is 37.7 Å². The Kier molecular flexibility index (Phi) is 7.34. The molecule has 0 saturated carbocycles. The number of aromatic nitrogens is 2. The number of nitrogens with zero attached hydrogens (tertiary/aromatic N) is 5. The van der Waals surface area contributed by atoms with E-state index in [9.17, 15) is 0 Å². The Morgan fingerprint density at radius 3 is 2.88 bits per heavy atom. The molecular formula is C17H31IN6. The predicted octanol–water partition coefficient (Wildman–Crippen LogP) is 1.89. The number of rotatable bonds is 4. The topological polar surface area (TPSA) is 48.7 Å². The van der Waals surface area contributed by atoms with Crippen LogP contribution in [-0.2, 0) is 7.05 Å². The molecule has 1 N–H and O–H groups in total. The fraction of sp³-hybridized carbons (Fsp3) is 0.765. The van der Waals surface area contributed by atoms with E-state index in [4.69, 9.17) is 0 Å². The quantitative estimate of drug-likeness (QED) is 0.436. The second-order valence-electron chi connectivity index (χ2n) is 6.73. The van der Waals surface area contributed by atoms with Gasteiger partial charge in [-0.3, -0.25) is 14.6 Å². The van der Waals surface area contributed by atoms with Gasteiger partial charge in [0.15, 0.2) is 5.96 Å². The van der Waals surface area contributed by atoms with Crippen molar-refractivity contribution in [3.63, 3.8) is 0 Å². The molecule has 0 aromatic carbocycles. The average Bonchev–Trinajstić information content (AvgIpc) is 3.27. The fourth-order valence-electron chi connectivity index (χ4n) is 3.96. The Hall–Kier alpha value is -0.830. The first-order valence-corrected chi connectivity index (χ1v) is 8.89. The van der Waals surface area contributed by atoms with Gasteiger partial charge in [-0.25, -0.2) is 0 Å². The van der Waals surface area contributed by atoms with Crippen LogP contribution in [-0.4, -0.2) is 71.4 Å². The van der Waals surface area contributed by atoms with Gasteiger partial charge in [0, 0.05) is 51.9 Å². The van der Waals surface area contributed by atoms with E-state index in [1.54, 1.807) is 0 Å². The third kappa shape index (κ3) is 4.41. The molecular weight excluding hydrogens is 415 g/mol. The van der Waals surface area contributed by atoms with Crippen molar-refractivity contribution in [2.75, 3.05) is 39.8 Å². The summed E-state index contributed by atoms with van der Waals surface area (Å²) in [6.07, 6.45) is 7.95. The molecule has 0 amide bonds. The molecule has 3 rings (SSSR count). The number of aliphatic imine (C=N–C) groups is 1. The van der Waals surface area contributed by atoms with Gasteiger partial charge >= 0.3 is 0 Å². The third-order valence-electron chi connectivity index (χ3n) is 5.30. The second kappa shape index (κ2) is 9.03. The second-order valence-corrected chi connectivity index (χ2v) is 6.73. The van der Waals surface area contributed by atoms with Crippen molar-refractivity contribution in [1.82, 2.24) is 24.9 Å². The summed E-state index contributed by atoms with van der Waals surface area (Å²) in [7, 11) is 3.88. The van der Waals surface area contributed by atoms with Crippen molar-refractivity contribution in [3.05, 3.63) is 18.0 Å². The van der Waals surface area contributed by atoms with Crippen molar-refractivity contribution >= 4 is 29.9 Å². The number of halogens is 1. The largest absolute Gasteiger partial charge is 0.355 e. The molecule has 2 aliphatic heterocycles. The first kappa shape index (κ1) is 19.5. The summed E-state index contributed by atoms with van der Waals surface area (Å²) in [5, 5.41) is 7.91. The van der Waals surface area contributed by atoms with E-state index in [1.165, 1.54) is 31.4 Å². The summed E-state index contributed by atoms with van der Waals surface area (Å²) in [4.78, 5) is 9.47. The zero-order chi connectivity index (χ0) is 16.2. The lowest BCUT2D eigenvalue weighted by Gasteiger charge is -2.27. The van der Waals surface area contributed by atoms with Gasteiger partial charge in [0.1, 0.15) is 0 Å². The molecule has 2 saturated heterocycles. The van der Waals surface area contributed by atoms with Crippen LogP contribution in [0.5, 0.6) is 0 Å². The Morgan fingerprint density at radius 1 is 1.38 bits per heavy atom. The number of hydrogen-bond acceptors (Lipinski definition) is 3. The lowest BCUT2D eigenvalue weighted by atomic mass is 10.0. The van der Waals surface area contributed by atoms with Gasteiger partial charge in [-0.15, -0.1) is 24.0 Å². The molecule has 0 bridgehead atoms. The van der Waals surface area contributed by atoms with Gasteiger partial charge in [0.05, 0.1) is 6.20 Å². The van der Waals surface area contributed by atoms with Gasteiger partial charge < -0.3 is 10.2 Å². The van der Waals surface area contributed by atoms with Gasteiger partial charge in [0.25, 0.3) is 0 Å². The van der Waals surface area contributed by atoms with Crippen molar-refractivity contribution < 1.29 is 0 Å². The van der Waals surface area contributed by atoms with E-state index in [2.05, 4.69) is 38.3 Å². The van der Waals surface area contributed by atoms with Gasteiger partial charge in [-0.05, 0) is 37.9 Å². The molecule has 2 atom stereocenters. The van der Waals surface area contributed by atoms with Crippen molar-refractivity contribution in [3.8, 4) is 0 Å². The Balaban J connectivity index is 0.00000208. The van der Waals surface area contributed by atoms with Crippen LogP contribution in [0.15, 0.2) is 17.4 Å².